The Kier molecular flexibility index (Phi) is 9.21. The monoisotopic (exact) mass is 306 g/mol. The Hall–Kier alpha value is -2.27. The summed E-state index contributed by atoms with van der Waals surface area (Å²) in [4.78, 5) is 10.8. The minimum absolute atomic E-state index is 0.236. The molecule has 0 bridgehead atoms. The van der Waals surface area contributed by atoms with Gasteiger partial charge in [0, 0.05) is 13.2 Å². The van der Waals surface area contributed by atoms with Gasteiger partial charge in [0.2, 0.25) is 0 Å². The van der Waals surface area contributed by atoms with Gasteiger partial charge in [0.05, 0.1) is 19.5 Å². The molecule has 1 aromatic carbocycles. The van der Waals surface area contributed by atoms with E-state index >= 15 is 0 Å². The first kappa shape index (κ1) is 17.8. The molecule has 0 spiro atoms. The number of hydrogen-bond donors (Lipinski definition) is 0. The van der Waals surface area contributed by atoms with E-state index in [0.717, 1.165) is 30.2 Å². The quantitative estimate of drug-likeness (QED) is 0.207. The van der Waals surface area contributed by atoms with Crippen LogP contribution in [0.15, 0.2) is 43.2 Å². The third-order valence-corrected chi connectivity index (χ3v) is 2.64. The predicted octanol–water partition coefficient (Wildman–Crippen LogP) is 3.17. The van der Waals surface area contributed by atoms with Gasteiger partial charge in [-0.15, -0.1) is 0 Å². The van der Waals surface area contributed by atoms with Crippen molar-refractivity contribution < 1.29 is 23.7 Å². The average molecular weight is 306 g/mol. The molecule has 1 rings (SSSR count). The lowest BCUT2D eigenvalue weighted by atomic mass is 10.2. The van der Waals surface area contributed by atoms with Crippen LogP contribution in [0.5, 0.6) is 5.75 Å². The van der Waals surface area contributed by atoms with Crippen molar-refractivity contribution in [2.45, 2.75) is 12.8 Å². The molecule has 0 unspecified atom stereocenters. The van der Waals surface area contributed by atoms with Crippen molar-refractivity contribution in [1.29, 1.82) is 0 Å². The fourth-order valence-electron chi connectivity index (χ4n) is 1.53. The summed E-state index contributed by atoms with van der Waals surface area (Å²) >= 11 is 0. The summed E-state index contributed by atoms with van der Waals surface area (Å²) in [7, 11) is 1.57. The normalized spacial score (nSPS) is 10.4. The highest BCUT2D eigenvalue weighted by Gasteiger charge is 1.97. The third kappa shape index (κ3) is 8.11. The molecule has 0 heterocycles. The topological polar surface area (TPSA) is 54.0 Å². The molecule has 0 atom stereocenters. The summed E-state index contributed by atoms with van der Waals surface area (Å²) in [6.45, 7) is 4.54. The molecule has 0 amide bonds. The van der Waals surface area contributed by atoms with Gasteiger partial charge in [0.1, 0.15) is 5.75 Å². The van der Waals surface area contributed by atoms with Crippen LogP contribution in [0.3, 0.4) is 0 Å². The number of unbranched alkanes of at least 4 members (excludes halogenated alkanes) is 1. The molecule has 120 valence electrons. The fourth-order valence-corrected chi connectivity index (χ4v) is 1.53. The van der Waals surface area contributed by atoms with Gasteiger partial charge in [-0.05, 0) is 36.6 Å². The van der Waals surface area contributed by atoms with Gasteiger partial charge < -0.3 is 18.9 Å². The van der Waals surface area contributed by atoms with E-state index in [-0.39, 0.29) is 12.8 Å². The lowest BCUT2D eigenvalue weighted by Crippen LogP contribution is -2.04. The Balaban J connectivity index is 2.17. The summed E-state index contributed by atoms with van der Waals surface area (Å²) < 4.78 is 20.3. The van der Waals surface area contributed by atoms with Crippen LogP contribution in [0.4, 0.5) is 0 Å². The molecule has 5 heteroatoms. The molecule has 22 heavy (non-hydrogen) atoms. The largest absolute Gasteiger partial charge is 0.494 e. The van der Waals surface area contributed by atoms with E-state index in [4.69, 9.17) is 18.9 Å². The zero-order chi connectivity index (χ0) is 16.0. The highest BCUT2D eigenvalue weighted by molar-refractivity contribution is 5.81. The van der Waals surface area contributed by atoms with Crippen LogP contribution in [0.25, 0.3) is 6.08 Å². The number of benzene rings is 1. The number of carbonyl (C=O) groups excluding carboxylic acids is 1. The molecular weight excluding hydrogens is 284 g/mol. The van der Waals surface area contributed by atoms with Crippen LogP contribution < -0.4 is 4.74 Å². The molecule has 0 aliphatic heterocycles. The second-order valence-corrected chi connectivity index (χ2v) is 4.37. The van der Waals surface area contributed by atoms with E-state index in [2.05, 4.69) is 6.58 Å². The van der Waals surface area contributed by atoms with Crippen LogP contribution in [0, 0.1) is 0 Å². The van der Waals surface area contributed by atoms with Gasteiger partial charge in [-0.3, -0.25) is 0 Å². The number of ether oxygens (including phenoxy) is 4. The summed E-state index contributed by atoms with van der Waals surface area (Å²) in [5.74, 6) is 0.414. The van der Waals surface area contributed by atoms with Gasteiger partial charge in [0.25, 0.3) is 0 Å². The molecule has 0 N–H and O–H groups in total. The van der Waals surface area contributed by atoms with Crippen LogP contribution in [-0.2, 0) is 19.0 Å². The van der Waals surface area contributed by atoms with Crippen molar-refractivity contribution >= 4 is 12.0 Å². The second-order valence-electron chi connectivity index (χ2n) is 4.37. The molecule has 0 saturated heterocycles. The molecule has 0 aliphatic rings. The van der Waals surface area contributed by atoms with Gasteiger partial charge in [0.15, 0.2) is 6.79 Å². The van der Waals surface area contributed by atoms with E-state index in [9.17, 15) is 4.79 Å². The van der Waals surface area contributed by atoms with Crippen molar-refractivity contribution in [2.75, 3.05) is 27.1 Å². The number of esters is 1. The first-order valence-corrected chi connectivity index (χ1v) is 7.05. The van der Waals surface area contributed by atoms with Crippen LogP contribution >= 0.6 is 0 Å². The summed E-state index contributed by atoms with van der Waals surface area (Å²) in [6.07, 6.45) is 6.17. The Morgan fingerprint density at radius 1 is 1.18 bits per heavy atom. The first-order chi connectivity index (χ1) is 10.8. The van der Waals surface area contributed by atoms with E-state index in [1.54, 1.807) is 13.4 Å². The molecule has 1 aromatic rings. The Morgan fingerprint density at radius 2 is 1.91 bits per heavy atom. The third-order valence-electron chi connectivity index (χ3n) is 2.64. The summed E-state index contributed by atoms with van der Waals surface area (Å²) in [6, 6.07) is 7.67. The minimum atomic E-state index is -0.390. The van der Waals surface area contributed by atoms with Gasteiger partial charge >= 0.3 is 5.97 Å². The van der Waals surface area contributed by atoms with Crippen molar-refractivity contribution in [3.05, 3.63) is 48.7 Å². The SMILES string of the molecule is C=CC(=O)OCCCCOc1ccc(C=COCOC)cc1. The van der Waals surface area contributed by atoms with E-state index in [1.165, 1.54) is 0 Å². The number of methoxy groups -OCH3 is 1. The lowest BCUT2D eigenvalue weighted by Gasteiger charge is -2.06. The maximum absolute atomic E-state index is 10.8. The van der Waals surface area contributed by atoms with Gasteiger partial charge in [-0.2, -0.15) is 0 Å². The molecular formula is C17H22O5. The van der Waals surface area contributed by atoms with Crippen LogP contribution in [0.2, 0.25) is 0 Å². The molecule has 0 saturated carbocycles. The standard InChI is InChI=1S/C17H22O5/c1-3-17(18)22-12-5-4-11-21-16-8-6-15(7-9-16)10-13-20-14-19-2/h3,6-10,13H,1,4-5,11-12,14H2,2H3. The molecule has 0 radical (unpaired) electrons. The average Bonchev–Trinajstić information content (AvgIpc) is 2.55. The van der Waals surface area contributed by atoms with Crippen molar-refractivity contribution in [3.63, 3.8) is 0 Å². The van der Waals surface area contributed by atoms with Gasteiger partial charge in [-0.1, -0.05) is 18.7 Å². The van der Waals surface area contributed by atoms with Crippen molar-refractivity contribution in [3.8, 4) is 5.75 Å². The highest BCUT2D eigenvalue weighted by Crippen LogP contribution is 2.13. The highest BCUT2D eigenvalue weighted by atomic mass is 16.7. The molecule has 5 nitrogen and oxygen atoms in total. The maximum atomic E-state index is 10.8. The Bertz CT molecular complexity index is 464. The smallest absolute Gasteiger partial charge is 0.330 e. The molecule has 0 aliphatic carbocycles. The minimum Gasteiger partial charge on any atom is -0.494 e. The van der Waals surface area contributed by atoms with Crippen molar-refractivity contribution in [1.82, 2.24) is 0 Å². The number of rotatable bonds is 11. The molecule has 0 fully saturated rings. The van der Waals surface area contributed by atoms with Crippen LogP contribution in [-0.4, -0.2) is 33.1 Å². The summed E-state index contributed by atoms with van der Waals surface area (Å²) in [5, 5.41) is 0. The molecule has 0 aromatic heterocycles. The van der Waals surface area contributed by atoms with Gasteiger partial charge in [-0.25, -0.2) is 4.79 Å². The van der Waals surface area contributed by atoms with E-state index in [1.807, 2.05) is 30.3 Å². The van der Waals surface area contributed by atoms with Crippen LogP contribution in [0.1, 0.15) is 18.4 Å². The van der Waals surface area contributed by atoms with E-state index in [0.29, 0.717) is 13.2 Å². The van der Waals surface area contributed by atoms with Crippen molar-refractivity contribution in [2.24, 2.45) is 0 Å². The predicted molar refractivity (Wildman–Crippen MR) is 84.3 cm³/mol. The number of carbonyl (C=O) groups is 1. The van der Waals surface area contributed by atoms with E-state index < -0.39 is 0 Å². The second kappa shape index (κ2) is 11.4. The first-order valence-electron chi connectivity index (χ1n) is 7.05. The lowest BCUT2D eigenvalue weighted by molar-refractivity contribution is -0.137. The Labute approximate surface area is 131 Å². The summed E-state index contributed by atoms with van der Waals surface area (Å²) in [5.41, 5.74) is 1.01. The zero-order valence-corrected chi connectivity index (χ0v) is 12.8. The zero-order valence-electron chi connectivity index (χ0n) is 12.8. The fraction of sp³-hybridized carbons (Fsp3) is 0.353. The number of hydrogen-bond acceptors (Lipinski definition) is 5. The Morgan fingerprint density at radius 3 is 2.59 bits per heavy atom. The maximum Gasteiger partial charge on any atom is 0.330 e.